The number of aliphatic carboxylic acids is 1. The number of thiophene rings is 1. The molecule has 0 spiro atoms. The number of carbonyl (C=O) groups excluding carboxylic acids is 2. The van der Waals surface area contributed by atoms with Crippen LogP contribution in [0.3, 0.4) is 0 Å². The minimum absolute atomic E-state index is 0.0561. The van der Waals surface area contributed by atoms with Crippen LogP contribution in [0, 0.1) is 5.92 Å². The normalized spacial score (nSPS) is 14.0. The summed E-state index contributed by atoms with van der Waals surface area (Å²) in [7, 11) is 1.26. The van der Waals surface area contributed by atoms with E-state index in [1.807, 2.05) is 29.2 Å². The van der Waals surface area contributed by atoms with Gasteiger partial charge in [-0.2, -0.15) is 0 Å². The quantitative estimate of drug-likeness (QED) is 0.433. The molecule has 0 atom stereocenters. The van der Waals surface area contributed by atoms with Gasteiger partial charge in [0, 0.05) is 20.0 Å². The number of benzene rings is 1. The average Bonchev–Trinajstić information content (AvgIpc) is 3.13. The number of rotatable bonds is 9. The van der Waals surface area contributed by atoms with E-state index in [4.69, 9.17) is 14.6 Å². The molecular weight excluding hydrogens is 510 g/mol. The van der Waals surface area contributed by atoms with E-state index in [-0.39, 0.29) is 16.5 Å². The molecule has 0 unspecified atom stereocenters. The van der Waals surface area contributed by atoms with Gasteiger partial charge in [0.05, 0.1) is 16.5 Å². The van der Waals surface area contributed by atoms with Gasteiger partial charge in [0.2, 0.25) is 5.91 Å². The molecule has 3 rings (SSSR count). The van der Waals surface area contributed by atoms with Gasteiger partial charge >= 0.3 is 11.9 Å². The molecule has 0 radical (unpaired) electrons. The van der Waals surface area contributed by atoms with Crippen molar-refractivity contribution < 1.29 is 29.0 Å². The molecule has 1 aromatic heterocycles. The lowest BCUT2D eigenvalue weighted by atomic mass is 9.89. The Kier molecular flexibility index (Phi) is 8.91. The molecule has 2 aromatic rings. The van der Waals surface area contributed by atoms with Gasteiger partial charge in [-0.3, -0.25) is 4.79 Å². The van der Waals surface area contributed by atoms with E-state index in [0.29, 0.717) is 16.9 Å². The summed E-state index contributed by atoms with van der Waals surface area (Å²) in [6.07, 6.45) is 6.07. The van der Waals surface area contributed by atoms with Crippen LogP contribution in [0.5, 0.6) is 5.75 Å². The summed E-state index contributed by atoms with van der Waals surface area (Å²) < 4.78 is 10.7. The van der Waals surface area contributed by atoms with Crippen LogP contribution in [0.15, 0.2) is 28.7 Å². The minimum Gasteiger partial charge on any atom is -0.479 e. The van der Waals surface area contributed by atoms with Gasteiger partial charge in [-0.1, -0.05) is 37.5 Å². The highest BCUT2D eigenvalue weighted by atomic mass is 79.9. The molecule has 0 saturated heterocycles. The fourth-order valence-corrected chi connectivity index (χ4v) is 6.06. The summed E-state index contributed by atoms with van der Waals surface area (Å²) in [4.78, 5) is 38.4. The lowest BCUT2D eigenvalue weighted by Gasteiger charge is -2.29. The summed E-state index contributed by atoms with van der Waals surface area (Å²) in [5.74, 6) is -0.986. The number of amides is 1. The predicted octanol–water partition coefficient (Wildman–Crippen LogP) is 5.36. The molecule has 1 amide bonds. The second-order valence-electron chi connectivity index (χ2n) is 8.18. The molecule has 1 heterocycles. The molecule has 33 heavy (non-hydrogen) atoms. The highest BCUT2D eigenvalue weighted by Crippen LogP contribution is 2.46. The highest BCUT2D eigenvalue weighted by Gasteiger charge is 2.26. The van der Waals surface area contributed by atoms with Crippen LogP contribution >= 0.6 is 27.3 Å². The first-order valence-electron chi connectivity index (χ1n) is 10.9. The first kappa shape index (κ1) is 25.2. The van der Waals surface area contributed by atoms with E-state index in [1.54, 1.807) is 6.92 Å². The molecule has 9 heteroatoms. The minimum atomic E-state index is -1.14. The number of ether oxygens (including phenoxy) is 2. The van der Waals surface area contributed by atoms with E-state index in [9.17, 15) is 14.4 Å². The van der Waals surface area contributed by atoms with Gasteiger partial charge < -0.3 is 19.5 Å². The monoisotopic (exact) mass is 537 g/mol. The lowest BCUT2D eigenvalue weighted by molar-refractivity contribution is -0.139. The van der Waals surface area contributed by atoms with Gasteiger partial charge in [-0.05, 0) is 51.9 Å². The molecular formula is C24H28BrNO6S. The molecule has 1 aromatic carbocycles. The highest BCUT2D eigenvalue weighted by molar-refractivity contribution is 9.10. The van der Waals surface area contributed by atoms with Gasteiger partial charge in [-0.15, -0.1) is 11.3 Å². The zero-order chi connectivity index (χ0) is 24.0. The summed E-state index contributed by atoms with van der Waals surface area (Å²) in [5, 5.41) is 8.97. The maximum atomic E-state index is 12.3. The number of hydrogen-bond acceptors (Lipinski definition) is 6. The first-order chi connectivity index (χ1) is 15.8. The SMILES string of the molecule is COC(=O)c1sc(-c2cccc(CN(CC3CCCCC3)C(C)=O)c2)c(Br)c1OCC(=O)O. The Morgan fingerprint density at radius 1 is 1.21 bits per heavy atom. The van der Waals surface area contributed by atoms with Crippen molar-refractivity contribution >= 4 is 45.1 Å². The number of carboxylic acid groups (broad SMARTS) is 1. The topological polar surface area (TPSA) is 93.1 Å². The number of carboxylic acids is 1. The van der Waals surface area contributed by atoms with E-state index >= 15 is 0 Å². The maximum absolute atomic E-state index is 12.3. The Morgan fingerprint density at radius 2 is 1.94 bits per heavy atom. The van der Waals surface area contributed by atoms with Gasteiger partial charge in [0.15, 0.2) is 17.2 Å². The Hall–Kier alpha value is -2.39. The number of hydrogen-bond donors (Lipinski definition) is 1. The van der Waals surface area contributed by atoms with Crippen molar-refractivity contribution in [3.63, 3.8) is 0 Å². The van der Waals surface area contributed by atoms with E-state index < -0.39 is 18.5 Å². The maximum Gasteiger partial charge on any atom is 0.351 e. The van der Waals surface area contributed by atoms with E-state index in [0.717, 1.165) is 22.5 Å². The van der Waals surface area contributed by atoms with Crippen molar-refractivity contribution in [2.75, 3.05) is 20.3 Å². The fraction of sp³-hybridized carbons (Fsp3) is 0.458. The zero-order valence-electron chi connectivity index (χ0n) is 18.8. The Bertz CT molecular complexity index is 1010. The van der Waals surface area contributed by atoms with Crippen molar-refractivity contribution in [3.05, 3.63) is 39.2 Å². The van der Waals surface area contributed by atoms with Gasteiger partial charge in [0.1, 0.15) is 0 Å². The molecule has 7 nitrogen and oxygen atoms in total. The second-order valence-corrected chi connectivity index (χ2v) is 9.99. The van der Waals surface area contributed by atoms with E-state index in [2.05, 4.69) is 15.9 Å². The van der Waals surface area contributed by atoms with Crippen LogP contribution in [0.4, 0.5) is 0 Å². The molecule has 0 bridgehead atoms. The Labute approximate surface area is 205 Å². The van der Waals surface area contributed by atoms with Crippen LogP contribution in [0.2, 0.25) is 0 Å². The second kappa shape index (κ2) is 11.7. The molecule has 1 aliphatic carbocycles. The number of nitrogens with zero attached hydrogens (tertiary/aromatic N) is 1. The van der Waals surface area contributed by atoms with Crippen molar-refractivity contribution in [1.82, 2.24) is 4.90 Å². The summed E-state index contributed by atoms with van der Waals surface area (Å²) in [6.45, 7) is 2.31. The van der Waals surface area contributed by atoms with Crippen LogP contribution in [-0.4, -0.2) is 48.1 Å². The van der Waals surface area contributed by atoms with Crippen molar-refractivity contribution in [3.8, 4) is 16.2 Å². The van der Waals surface area contributed by atoms with Crippen LogP contribution in [-0.2, 0) is 20.9 Å². The van der Waals surface area contributed by atoms with Crippen LogP contribution in [0.1, 0.15) is 54.3 Å². The number of carbonyl (C=O) groups is 3. The first-order valence-corrected chi connectivity index (χ1v) is 12.5. The number of methoxy groups -OCH3 is 1. The summed E-state index contributed by atoms with van der Waals surface area (Å²) in [5.41, 5.74) is 1.81. The lowest BCUT2D eigenvalue weighted by Crippen LogP contribution is -2.33. The molecule has 178 valence electrons. The van der Waals surface area contributed by atoms with Crippen molar-refractivity contribution in [1.29, 1.82) is 0 Å². The summed E-state index contributed by atoms with van der Waals surface area (Å²) in [6, 6.07) is 7.77. The summed E-state index contributed by atoms with van der Waals surface area (Å²) >= 11 is 4.64. The molecule has 1 aliphatic rings. The molecule has 1 N–H and O–H groups in total. The molecule has 1 saturated carbocycles. The average molecular weight is 538 g/mol. The van der Waals surface area contributed by atoms with Gasteiger partial charge in [0.25, 0.3) is 0 Å². The number of halogens is 1. The van der Waals surface area contributed by atoms with Crippen molar-refractivity contribution in [2.24, 2.45) is 5.92 Å². The molecule has 0 aliphatic heterocycles. The predicted molar refractivity (Wildman–Crippen MR) is 130 cm³/mol. The van der Waals surface area contributed by atoms with Gasteiger partial charge in [-0.25, -0.2) is 9.59 Å². The third-order valence-electron chi connectivity index (χ3n) is 5.73. The largest absolute Gasteiger partial charge is 0.479 e. The van der Waals surface area contributed by atoms with Crippen LogP contribution in [0.25, 0.3) is 10.4 Å². The Morgan fingerprint density at radius 3 is 2.58 bits per heavy atom. The van der Waals surface area contributed by atoms with Crippen molar-refractivity contribution in [2.45, 2.75) is 45.6 Å². The Balaban J connectivity index is 1.86. The van der Waals surface area contributed by atoms with E-state index in [1.165, 1.54) is 50.6 Å². The fourth-order valence-electron chi connectivity index (χ4n) is 4.09. The smallest absolute Gasteiger partial charge is 0.351 e. The third-order valence-corrected chi connectivity index (χ3v) is 7.95. The third kappa shape index (κ3) is 6.57. The number of esters is 1. The molecule has 1 fully saturated rings. The zero-order valence-corrected chi connectivity index (χ0v) is 21.2. The standard InChI is InChI=1S/C24H28BrNO6S/c1-15(27)26(12-16-7-4-3-5-8-16)13-17-9-6-10-18(11-17)22-20(25)21(32-14-19(28)29)23(33-22)24(30)31-2/h6,9-11,16H,3-5,7-8,12-14H2,1-2H3,(H,28,29). The van der Waals surface area contributed by atoms with Crippen LogP contribution < -0.4 is 4.74 Å².